The summed E-state index contributed by atoms with van der Waals surface area (Å²) in [5.41, 5.74) is 15.0. The predicted molar refractivity (Wildman–Crippen MR) is 213 cm³/mol. The predicted octanol–water partition coefficient (Wildman–Crippen LogP) is 12.2. The Labute approximate surface area is 293 Å². The first-order valence-electron chi connectivity index (χ1n) is 17.4. The molecule has 0 saturated carbocycles. The summed E-state index contributed by atoms with van der Waals surface area (Å²) in [4.78, 5) is 8.42. The van der Waals surface area contributed by atoms with E-state index in [9.17, 15) is 0 Å². The van der Waals surface area contributed by atoms with Crippen LogP contribution in [0, 0.1) is 0 Å². The maximum Gasteiger partial charge on any atom is 0.0963 e. The largest absolute Gasteiger partial charge is 0.355 e. The van der Waals surface area contributed by atoms with Crippen LogP contribution in [-0.4, -0.2) is 19.1 Å². The summed E-state index contributed by atoms with van der Waals surface area (Å²) in [5, 5.41) is 6.13. The van der Waals surface area contributed by atoms with Gasteiger partial charge in [0, 0.05) is 55.5 Å². The van der Waals surface area contributed by atoms with Gasteiger partial charge in [0.1, 0.15) is 0 Å². The molecule has 7 aromatic carbocycles. The molecule has 0 saturated heterocycles. The number of para-hydroxylation sites is 3. The second kappa shape index (κ2) is 10.8. The molecule has 0 aliphatic rings. The highest BCUT2D eigenvalue weighted by molar-refractivity contribution is 6.12. The molecule has 0 amide bonds. The molecule has 0 spiro atoms. The quantitative estimate of drug-likeness (QED) is 0.202. The number of pyridine rings is 1. The van der Waals surface area contributed by atoms with Crippen molar-refractivity contribution in [2.24, 2.45) is 0 Å². The normalized spacial score (nSPS) is 11.9. The van der Waals surface area contributed by atoms with E-state index in [4.69, 9.17) is 4.98 Å². The van der Waals surface area contributed by atoms with E-state index in [1.54, 1.807) is 0 Å². The lowest BCUT2D eigenvalue weighted by Gasteiger charge is -2.12. The van der Waals surface area contributed by atoms with Crippen LogP contribution in [0.5, 0.6) is 0 Å². The van der Waals surface area contributed by atoms with E-state index in [2.05, 4.69) is 178 Å². The molecular formula is C47H30N4. The zero-order valence-electron chi connectivity index (χ0n) is 27.6. The van der Waals surface area contributed by atoms with E-state index < -0.39 is 0 Å². The Balaban J connectivity index is 1.08. The number of aromatic amines is 1. The number of rotatable bonds is 4. The van der Waals surface area contributed by atoms with Crippen LogP contribution in [0.25, 0.3) is 99.2 Å². The Morgan fingerprint density at radius 3 is 1.90 bits per heavy atom. The van der Waals surface area contributed by atoms with Gasteiger partial charge in [-0.1, -0.05) is 91.0 Å². The molecule has 0 fully saturated rings. The zero-order valence-corrected chi connectivity index (χ0v) is 27.6. The minimum absolute atomic E-state index is 1.01. The molecule has 0 bridgehead atoms. The molecule has 11 rings (SSSR count). The lowest BCUT2D eigenvalue weighted by molar-refractivity contribution is 1.17. The third-order valence-electron chi connectivity index (χ3n) is 10.5. The molecule has 0 atom stereocenters. The van der Waals surface area contributed by atoms with Crippen LogP contribution < -0.4 is 0 Å². The monoisotopic (exact) mass is 650 g/mol. The van der Waals surface area contributed by atoms with Gasteiger partial charge in [-0.15, -0.1) is 0 Å². The molecule has 4 heterocycles. The van der Waals surface area contributed by atoms with Crippen molar-refractivity contribution in [1.82, 2.24) is 19.1 Å². The summed E-state index contributed by atoms with van der Waals surface area (Å²) in [6.07, 6.45) is 1.89. The van der Waals surface area contributed by atoms with Gasteiger partial charge >= 0.3 is 0 Å². The summed E-state index contributed by atoms with van der Waals surface area (Å²) >= 11 is 0. The van der Waals surface area contributed by atoms with Crippen molar-refractivity contribution in [3.05, 3.63) is 176 Å². The Kier molecular flexibility index (Phi) is 5.92. The molecule has 51 heavy (non-hydrogen) atoms. The first-order valence-corrected chi connectivity index (χ1v) is 17.4. The Morgan fingerprint density at radius 1 is 0.353 bits per heavy atom. The average molecular weight is 651 g/mol. The maximum absolute atomic E-state index is 4.85. The van der Waals surface area contributed by atoms with Gasteiger partial charge in [0.2, 0.25) is 0 Å². The van der Waals surface area contributed by atoms with Crippen molar-refractivity contribution in [2.75, 3.05) is 0 Å². The fourth-order valence-electron chi connectivity index (χ4n) is 8.15. The molecule has 238 valence electrons. The molecule has 11 aromatic rings. The second-order valence-electron chi connectivity index (χ2n) is 13.3. The van der Waals surface area contributed by atoms with Crippen molar-refractivity contribution in [3.8, 4) is 33.6 Å². The number of hydrogen-bond acceptors (Lipinski definition) is 1. The second-order valence-corrected chi connectivity index (χ2v) is 13.3. The Hall–Kier alpha value is -6.91. The molecule has 0 aliphatic heterocycles. The summed E-state index contributed by atoms with van der Waals surface area (Å²) < 4.78 is 4.73. The molecule has 1 N–H and O–H groups in total. The standard InChI is InChI=1S/C47H30N4/c1-2-11-34(12-3-1)50-44-24-21-32(28-40(44)47-45(50)18-9-25-48-47)30-10-8-13-35(26-30)51-43-17-7-5-15-37(43)38-22-19-33(29-46(38)51)31-20-23-42-39(27-31)36-14-4-6-16-41(36)49-42/h1-29,49H. The van der Waals surface area contributed by atoms with Crippen LogP contribution in [0.4, 0.5) is 0 Å². The van der Waals surface area contributed by atoms with Crippen molar-refractivity contribution < 1.29 is 0 Å². The van der Waals surface area contributed by atoms with Gasteiger partial charge in [-0.2, -0.15) is 0 Å². The van der Waals surface area contributed by atoms with Crippen molar-refractivity contribution in [3.63, 3.8) is 0 Å². The molecular weight excluding hydrogens is 621 g/mol. The molecule has 0 unspecified atom stereocenters. The average Bonchev–Trinajstić information content (AvgIpc) is 3.85. The lowest BCUT2D eigenvalue weighted by Crippen LogP contribution is -1.95. The Morgan fingerprint density at radius 2 is 0.980 bits per heavy atom. The van der Waals surface area contributed by atoms with Gasteiger partial charge in [-0.05, 0) is 101 Å². The number of fused-ring (bicyclic) bond motifs is 9. The van der Waals surface area contributed by atoms with E-state index in [-0.39, 0.29) is 0 Å². The first kappa shape index (κ1) is 28.0. The third kappa shape index (κ3) is 4.23. The summed E-state index contributed by atoms with van der Waals surface area (Å²) in [6, 6.07) is 61.4. The van der Waals surface area contributed by atoms with Crippen LogP contribution >= 0.6 is 0 Å². The number of hydrogen-bond donors (Lipinski definition) is 1. The summed E-state index contributed by atoms with van der Waals surface area (Å²) in [5.74, 6) is 0. The molecule has 0 aliphatic carbocycles. The molecule has 4 nitrogen and oxygen atoms in total. The fourth-order valence-corrected chi connectivity index (χ4v) is 8.15. The minimum Gasteiger partial charge on any atom is -0.355 e. The SMILES string of the molecule is c1ccc(-n2c3ccc(-c4cccc(-n5c6ccccc6c6ccc(-c7ccc8[nH]c9ccccc9c8c7)cc65)c4)cc3c3ncccc32)cc1. The van der Waals surface area contributed by atoms with Crippen LogP contribution in [0.1, 0.15) is 0 Å². The van der Waals surface area contributed by atoms with Gasteiger partial charge in [-0.3, -0.25) is 4.98 Å². The van der Waals surface area contributed by atoms with E-state index in [0.717, 1.165) is 55.5 Å². The zero-order chi connectivity index (χ0) is 33.5. The maximum atomic E-state index is 4.85. The Bertz CT molecular complexity index is 3140. The highest BCUT2D eigenvalue weighted by Gasteiger charge is 2.17. The first-order chi connectivity index (χ1) is 25.3. The number of nitrogens with one attached hydrogen (secondary N) is 1. The van der Waals surface area contributed by atoms with Crippen LogP contribution in [0.2, 0.25) is 0 Å². The third-order valence-corrected chi connectivity index (χ3v) is 10.5. The van der Waals surface area contributed by atoms with Crippen LogP contribution in [-0.2, 0) is 0 Å². The highest BCUT2D eigenvalue weighted by atomic mass is 15.0. The van der Waals surface area contributed by atoms with Crippen LogP contribution in [0.15, 0.2) is 176 Å². The summed E-state index contributed by atoms with van der Waals surface area (Å²) in [6.45, 7) is 0. The van der Waals surface area contributed by atoms with Crippen molar-refractivity contribution in [2.45, 2.75) is 0 Å². The topological polar surface area (TPSA) is 38.5 Å². The van der Waals surface area contributed by atoms with Gasteiger partial charge < -0.3 is 14.1 Å². The molecule has 4 aromatic heterocycles. The van der Waals surface area contributed by atoms with Gasteiger partial charge in [0.05, 0.1) is 27.6 Å². The number of benzene rings is 7. The minimum atomic E-state index is 1.01. The highest BCUT2D eigenvalue weighted by Crippen LogP contribution is 2.38. The number of aromatic nitrogens is 4. The van der Waals surface area contributed by atoms with E-state index in [1.807, 2.05) is 12.3 Å². The van der Waals surface area contributed by atoms with Crippen LogP contribution in [0.3, 0.4) is 0 Å². The summed E-state index contributed by atoms with van der Waals surface area (Å²) in [7, 11) is 0. The molecule has 0 radical (unpaired) electrons. The fraction of sp³-hybridized carbons (Fsp3) is 0. The smallest absolute Gasteiger partial charge is 0.0963 e. The number of H-pyrrole nitrogens is 1. The van der Waals surface area contributed by atoms with Gasteiger partial charge in [0.15, 0.2) is 0 Å². The van der Waals surface area contributed by atoms with E-state index >= 15 is 0 Å². The van der Waals surface area contributed by atoms with Crippen molar-refractivity contribution in [1.29, 1.82) is 0 Å². The molecule has 4 heteroatoms. The van der Waals surface area contributed by atoms with Gasteiger partial charge in [-0.25, -0.2) is 0 Å². The lowest BCUT2D eigenvalue weighted by atomic mass is 10.0. The van der Waals surface area contributed by atoms with E-state index in [0.29, 0.717) is 0 Å². The van der Waals surface area contributed by atoms with Gasteiger partial charge in [0.25, 0.3) is 0 Å². The van der Waals surface area contributed by atoms with E-state index in [1.165, 1.54) is 43.7 Å². The van der Waals surface area contributed by atoms with Crippen molar-refractivity contribution >= 4 is 65.5 Å². The number of nitrogens with zero attached hydrogens (tertiary/aromatic N) is 3.